The van der Waals surface area contributed by atoms with Gasteiger partial charge in [-0.05, 0) is 37.1 Å². The number of aryl methyl sites for hydroxylation is 1. The number of para-hydroxylation sites is 1. The third-order valence-corrected chi connectivity index (χ3v) is 2.93. The molecular formula is C13H15ClN4. The Labute approximate surface area is 111 Å². The summed E-state index contributed by atoms with van der Waals surface area (Å²) in [6, 6.07) is 8.08. The lowest BCUT2D eigenvalue weighted by molar-refractivity contribution is 0.973. The van der Waals surface area contributed by atoms with Crippen molar-refractivity contribution in [1.29, 1.82) is 0 Å². The molecule has 2 aromatic rings. The van der Waals surface area contributed by atoms with Gasteiger partial charge in [0.1, 0.15) is 0 Å². The van der Waals surface area contributed by atoms with Crippen molar-refractivity contribution >= 4 is 28.8 Å². The number of hydrogen-bond acceptors (Lipinski definition) is 4. The number of halogens is 1. The van der Waals surface area contributed by atoms with Crippen molar-refractivity contribution in [2.75, 3.05) is 17.2 Å². The maximum absolute atomic E-state index is 5.93. The van der Waals surface area contributed by atoms with E-state index in [1.807, 2.05) is 30.0 Å². The molecule has 0 spiro atoms. The molecule has 1 aromatic heterocycles. The van der Waals surface area contributed by atoms with Crippen LogP contribution in [0.25, 0.3) is 0 Å². The first-order chi connectivity index (χ1) is 8.63. The van der Waals surface area contributed by atoms with E-state index in [1.165, 1.54) is 6.20 Å². The molecule has 0 radical (unpaired) electrons. The zero-order valence-electron chi connectivity index (χ0n) is 10.4. The second-order valence-corrected chi connectivity index (χ2v) is 4.29. The Balaban J connectivity index is 2.52. The van der Waals surface area contributed by atoms with Crippen molar-refractivity contribution in [1.82, 2.24) is 9.97 Å². The molecule has 2 rings (SSSR count). The normalized spacial score (nSPS) is 10.4. The van der Waals surface area contributed by atoms with Crippen LogP contribution in [0, 0.1) is 6.92 Å². The molecule has 4 nitrogen and oxygen atoms in total. The zero-order chi connectivity index (χ0) is 13.1. The van der Waals surface area contributed by atoms with Crippen LogP contribution in [0.4, 0.5) is 17.2 Å². The Hall–Kier alpha value is -1.81. The summed E-state index contributed by atoms with van der Waals surface area (Å²) in [6.07, 6.45) is 1.53. The molecule has 0 aliphatic heterocycles. The minimum atomic E-state index is 0.200. The number of nitrogens with zero attached hydrogens (tertiary/aromatic N) is 3. The predicted octanol–water partition coefficient (Wildman–Crippen LogP) is 3.18. The standard InChI is InChI=1S/C13H15ClN4/c1-3-18(11-7-5-4-6-9(11)2)12-10(15)8-16-13(14)17-12/h4-8H,3,15H2,1-2H3. The van der Waals surface area contributed by atoms with Crippen molar-refractivity contribution in [3.05, 3.63) is 41.3 Å². The fourth-order valence-electron chi connectivity index (χ4n) is 1.88. The van der Waals surface area contributed by atoms with E-state index in [9.17, 15) is 0 Å². The Morgan fingerprint density at radius 3 is 2.72 bits per heavy atom. The fraction of sp³-hybridized carbons (Fsp3) is 0.231. The Morgan fingerprint density at radius 2 is 2.06 bits per heavy atom. The van der Waals surface area contributed by atoms with Gasteiger partial charge >= 0.3 is 0 Å². The number of nitrogens with two attached hydrogens (primary N) is 1. The summed E-state index contributed by atoms with van der Waals surface area (Å²) >= 11 is 5.84. The quantitative estimate of drug-likeness (QED) is 0.863. The molecule has 1 heterocycles. The van der Waals surface area contributed by atoms with Gasteiger partial charge in [-0.2, -0.15) is 4.98 Å². The second-order valence-electron chi connectivity index (χ2n) is 3.95. The van der Waals surface area contributed by atoms with Gasteiger partial charge in [0.25, 0.3) is 0 Å². The minimum absolute atomic E-state index is 0.200. The monoisotopic (exact) mass is 262 g/mol. The molecule has 2 N–H and O–H groups in total. The van der Waals surface area contributed by atoms with E-state index in [2.05, 4.69) is 23.0 Å². The van der Waals surface area contributed by atoms with Crippen LogP contribution in [0.3, 0.4) is 0 Å². The maximum atomic E-state index is 5.93. The highest BCUT2D eigenvalue weighted by atomic mass is 35.5. The van der Waals surface area contributed by atoms with Crippen LogP contribution in [-0.4, -0.2) is 16.5 Å². The molecule has 0 fully saturated rings. The molecule has 5 heteroatoms. The number of nitrogen functional groups attached to an aromatic ring is 1. The summed E-state index contributed by atoms with van der Waals surface area (Å²) in [4.78, 5) is 10.1. The van der Waals surface area contributed by atoms with Crippen molar-refractivity contribution < 1.29 is 0 Å². The Kier molecular flexibility index (Phi) is 3.67. The molecule has 0 unspecified atom stereocenters. The molecule has 1 aromatic carbocycles. The average molecular weight is 263 g/mol. The number of anilines is 3. The lowest BCUT2D eigenvalue weighted by Crippen LogP contribution is -2.20. The summed E-state index contributed by atoms with van der Waals surface area (Å²) in [5, 5.41) is 0.200. The summed E-state index contributed by atoms with van der Waals surface area (Å²) in [5.74, 6) is 0.645. The minimum Gasteiger partial charge on any atom is -0.394 e. The first-order valence-corrected chi connectivity index (χ1v) is 6.12. The zero-order valence-corrected chi connectivity index (χ0v) is 11.1. The summed E-state index contributed by atoms with van der Waals surface area (Å²) in [6.45, 7) is 4.85. The van der Waals surface area contributed by atoms with E-state index in [-0.39, 0.29) is 5.28 Å². The van der Waals surface area contributed by atoms with Gasteiger partial charge in [0, 0.05) is 12.2 Å². The molecule has 0 saturated heterocycles. The highest BCUT2D eigenvalue weighted by molar-refractivity contribution is 6.28. The van der Waals surface area contributed by atoms with Crippen molar-refractivity contribution in [3.8, 4) is 0 Å². The van der Waals surface area contributed by atoms with Crippen LogP contribution in [0.1, 0.15) is 12.5 Å². The molecule has 0 bridgehead atoms. The van der Waals surface area contributed by atoms with E-state index >= 15 is 0 Å². The van der Waals surface area contributed by atoms with Gasteiger partial charge in [-0.15, -0.1) is 0 Å². The summed E-state index contributed by atoms with van der Waals surface area (Å²) < 4.78 is 0. The van der Waals surface area contributed by atoms with Crippen molar-refractivity contribution in [2.24, 2.45) is 0 Å². The Bertz CT molecular complexity index is 556. The van der Waals surface area contributed by atoms with Crippen molar-refractivity contribution in [3.63, 3.8) is 0 Å². The van der Waals surface area contributed by atoms with Gasteiger partial charge in [-0.3, -0.25) is 0 Å². The van der Waals surface area contributed by atoms with Crippen LogP contribution < -0.4 is 10.6 Å². The van der Waals surface area contributed by atoms with E-state index in [1.54, 1.807) is 0 Å². The van der Waals surface area contributed by atoms with Crippen LogP contribution in [-0.2, 0) is 0 Å². The third-order valence-electron chi connectivity index (χ3n) is 2.74. The van der Waals surface area contributed by atoms with Gasteiger partial charge in [0.2, 0.25) is 5.28 Å². The van der Waals surface area contributed by atoms with Gasteiger partial charge in [-0.1, -0.05) is 18.2 Å². The topological polar surface area (TPSA) is 55.0 Å². The maximum Gasteiger partial charge on any atom is 0.224 e. The van der Waals surface area contributed by atoms with Gasteiger partial charge in [0.05, 0.1) is 11.9 Å². The first-order valence-electron chi connectivity index (χ1n) is 5.74. The predicted molar refractivity (Wildman–Crippen MR) is 75.3 cm³/mol. The number of aromatic nitrogens is 2. The lowest BCUT2D eigenvalue weighted by Gasteiger charge is -2.24. The van der Waals surface area contributed by atoms with Crippen LogP contribution >= 0.6 is 11.6 Å². The molecule has 0 aliphatic rings. The van der Waals surface area contributed by atoms with Gasteiger partial charge < -0.3 is 10.6 Å². The molecule has 0 aliphatic carbocycles. The molecule has 94 valence electrons. The summed E-state index contributed by atoms with van der Waals surface area (Å²) in [5.41, 5.74) is 8.68. The van der Waals surface area contributed by atoms with Crippen molar-refractivity contribution in [2.45, 2.75) is 13.8 Å². The highest BCUT2D eigenvalue weighted by Crippen LogP contribution is 2.30. The lowest BCUT2D eigenvalue weighted by atomic mass is 10.2. The third kappa shape index (κ3) is 2.38. The highest BCUT2D eigenvalue weighted by Gasteiger charge is 2.14. The van der Waals surface area contributed by atoms with Crippen LogP contribution in [0.5, 0.6) is 0 Å². The van der Waals surface area contributed by atoms with Crippen LogP contribution in [0.15, 0.2) is 30.5 Å². The van der Waals surface area contributed by atoms with E-state index < -0.39 is 0 Å². The summed E-state index contributed by atoms with van der Waals surface area (Å²) in [7, 11) is 0. The van der Waals surface area contributed by atoms with Crippen LogP contribution in [0.2, 0.25) is 5.28 Å². The molecular weight excluding hydrogens is 248 g/mol. The number of hydrogen-bond donors (Lipinski definition) is 1. The van der Waals surface area contributed by atoms with Gasteiger partial charge in [-0.25, -0.2) is 4.98 Å². The van der Waals surface area contributed by atoms with Gasteiger partial charge in [0.15, 0.2) is 5.82 Å². The molecule has 0 saturated carbocycles. The smallest absolute Gasteiger partial charge is 0.224 e. The molecule has 0 amide bonds. The SMILES string of the molecule is CCN(c1ccccc1C)c1nc(Cl)ncc1N. The molecule has 18 heavy (non-hydrogen) atoms. The van der Waals surface area contributed by atoms with E-state index in [4.69, 9.17) is 17.3 Å². The first kappa shape index (κ1) is 12.6. The molecule has 0 atom stereocenters. The Morgan fingerprint density at radius 1 is 1.33 bits per heavy atom. The number of benzene rings is 1. The second kappa shape index (κ2) is 5.23. The largest absolute Gasteiger partial charge is 0.394 e. The van der Waals surface area contributed by atoms with E-state index in [0.29, 0.717) is 11.5 Å². The fourth-order valence-corrected chi connectivity index (χ4v) is 2.01. The van der Waals surface area contributed by atoms with E-state index in [0.717, 1.165) is 17.8 Å². The average Bonchev–Trinajstić information content (AvgIpc) is 2.36. The number of rotatable bonds is 3.